The minimum atomic E-state index is -0.0779. The molecule has 2 aromatic carbocycles. The number of aliphatic imine (C=N–C) groups is 1. The molecule has 2 rings (SSSR count). The summed E-state index contributed by atoms with van der Waals surface area (Å²) in [6.07, 6.45) is 0.784. The quantitative estimate of drug-likeness (QED) is 0.539. The molecule has 0 aromatic heterocycles. The normalized spacial score (nSPS) is 12.4. The number of amides is 1. The number of hydrogen-bond donors (Lipinski definition) is 3. The Morgan fingerprint density at radius 3 is 2.65 bits per heavy atom. The lowest BCUT2D eigenvalue weighted by molar-refractivity contribution is 0.0963. The maximum Gasteiger partial charge on any atom is 0.251 e. The first-order valence-electron chi connectivity index (χ1n) is 8.57. The number of nitrogens with one attached hydrogen (secondary N) is 3. The van der Waals surface area contributed by atoms with Gasteiger partial charge in [0.25, 0.3) is 5.91 Å². The molecule has 3 N–H and O–H groups in total. The second-order valence-corrected chi connectivity index (χ2v) is 6.32. The molecule has 1 amide bonds. The van der Waals surface area contributed by atoms with Crippen molar-refractivity contribution in [2.75, 3.05) is 20.6 Å². The third kappa shape index (κ3) is 5.49. The van der Waals surface area contributed by atoms with E-state index < -0.39 is 0 Å². The van der Waals surface area contributed by atoms with Crippen LogP contribution < -0.4 is 16.0 Å². The zero-order chi connectivity index (χ0) is 18.9. The predicted molar refractivity (Wildman–Crippen MR) is 108 cm³/mol. The standard InChI is InChI=1S/C20H25ClN4O/c1-14(17-9-4-5-10-18(17)21)25-20(23-3)24-12-11-15-7-6-8-16(13-15)19(26)22-2/h4-10,13-14H,11-12H2,1-3H3,(H,22,26)(H2,23,24,25). The second kappa shape index (κ2) is 9.82. The van der Waals surface area contributed by atoms with E-state index in [1.807, 2.05) is 55.5 Å². The van der Waals surface area contributed by atoms with E-state index in [4.69, 9.17) is 11.6 Å². The number of hydrogen-bond acceptors (Lipinski definition) is 2. The van der Waals surface area contributed by atoms with Gasteiger partial charge < -0.3 is 16.0 Å². The number of carbonyl (C=O) groups excluding carboxylic acids is 1. The van der Waals surface area contributed by atoms with E-state index >= 15 is 0 Å². The van der Waals surface area contributed by atoms with Crippen LogP contribution in [0.1, 0.15) is 34.5 Å². The molecule has 0 radical (unpaired) electrons. The molecule has 1 atom stereocenters. The van der Waals surface area contributed by atoms with Crippen molar-refractivity contribution in [2.24, 2.45) is 4.99 Å². The van der Waals surface area contributed by atoms with Crippen LogP contribution in [0.3, 0.4) is 0 Å². The zero-order valence-electron chi connectivity index (χ0n) is 15.3. The van der Waals surface area contributed by atoms with Gasteiger partial charge in [-0.1, -0.05) is 41.9 Å². The van der Waals surface area contributed by atoms with Gasteiger partial charge in [0.1, 0.15) is 0 Å². The minimum absolute atomic E-state index is 0.0338. The number of guanidine groups is 1. The largest absolute Gasteiger partial charge is 0.356 e. The molecular weight excluding hydrogens is 348 g/mol. The highest BCUT2D eigenvalue weighted by Crippen LogP contribution is 2.21. The summed E-state index contributed by atoms with van der Waals surface area (Å²) in [6.45, 7) is 2.74. The summed E-state index contributed by atoms with van der Waals surface area (Å²) in [5.41, 5.74) is 2.78. The lowest BCUT2D eigenvalue weighted by Gasteiger charge is -2.19. The van der Waals surface area contributed by atoms with Crippen LogP contribution in [0.2, 0.25) is 5.02 Å². The average molecular weight is 373 g/mol. The van der Waals surface area contributed by atoms with Gasteiger partial charge in [0.15, 0.2) is 5.96 Å². The lowest BCUT2D eigenvalue weighted by atomic mass is 10.1. The third-order valence-electron chi connectivity index (χ3n) is 4.07. The van der Waals surface area contributed by atoms with Gasteiger partial charge in [-0.2, -0.15) is 0 Å². The Labute approximate surface area is 159 Å². The van der Waals surface area contributed by atoms with Crippen LogP contribution in [0.15, 0.2) is 53.5 Å². The van der Waals surface area contributed by atoms with Gasteiger partial charge in [0.2, 0.25) is 0 Å². The maximum atomic E-state index is 11.7. The molecule has 2 aromatic rings. The molecule has 5 nitrogen and oxygen atoms in total. The maximum absolute atomic E-state index is 11.7. The van der Waals surface area contributed by atoms with E-state index in [9.17, 15) is 4.79 Å². The Morgan fingerprint density at radius 2 is 1.96 bits per heavy atom. The molecule has 138 valence electrons. The molecule has 0 spiro atoms. The van der Waals surface area contributed by atoms with Gasteiger partial charge in [-0.05, 0) is 42.7 Å². The van der Waals surface area contributed by atoms with Crippen LogP contribution in [0.5, 0.6) is 0 Å². The van der Waals surface area contributed by atoms with E-state index in [1.54, 1.807) is 14.1 Å². The van der Waals surface area contributed by atoms with Crippen LogP contribution in [0.4, 0.5) is 0 Å². The highest BCUT2D eigenvalue weighted by molar-refractivity contribution is 6.31. The fourth-order valence-corrected chi connectivity index (χ4v) is 2.94. The van der Waals surface area contributed by atoms with E-state index in [1.165, 1.54) is 0 Å². The highest BCUT2D eigenvalue weighted by atomic mass is 35.5. The molecular formula is C20H25ClN4O. The first-order chi connectivity index (χ1) is 12.5. The third-order valence-corrected chi connectivity index (χ3v) is 4.42. The van der Waals surface area contributed by atoms with Gasteiger partial charge in [0.05, 0.1) is 6.04 Å². The summed E-state index contributed by atoms with van der Waals surface area (Å²) in [7, 11) is 3.37. The van der Waals surface area contributed by atoms with Crippen LogP contribution in [0.25, 0.3) is 0 Å². The molecule has 1 unspecified atom stereocenters. The molecule has 0 aliphatic carbocycles. The molecule has 0 fully saturated rings. The Bertz CT molecular complexity index is 776. The summed E-state index contributed by atoms with van der Waals surface area (Å²) in [6, 6.07) is 15.4. The van der Waals surface area contributed by atoms with Crippen LogP contribution >= 0.6 is 11.6 Å². The van der Waals surface area contributed by atoms with Crippen molar-refractivity contribution >= 4 is 23.5 Å². The van der Waals surface area contributed by atoms with Crippen molar-refractivity contribution in [1.29, 1.82) is 0 Å². The van der Waals surface area contributed by atoms with Crippen molar-refractivity contribution in [3.05, 3.63) is 70.2 Å². The van der Waals surface area contributed by atoms with E-state index in [0.29, 0.717) is 18.1 Å². The van der Waals surface area contributed by atoms with Crippen molar-refractivity contribution in [3.8, 4) is 0 Å². The summed E-state index contributed by atoms with van der Waals surface area (Å²) in [5.74, 6) is 0.630. The topological polar surface area (TPSA) is 65.5 Å². The molecule has 0 aliphatic heterocycles. The Morgan fingerprint density at radius 1 is 1.19 bits per heavy atom. The van der Waals surface area contributed by atoms with Crippen LogP contribution in [0, 0.1) is 0 Å². The van der Waals surface area contributed by atoms with Crippen molar-refractivity contribution in [1.82, 2.24) is 16.0 Å². The molecule has 0 heterocycles. The SMILES string of the molecule is CN=C(NCCc1cccc(C(=O)NC)c1)NC(C)c1ccccc1Cl. The number of nitrogens with zero attached hydrogens (tertiary/aromatic N) is 1. The Kier molecular flexibility index (Phi) is 7.48. The molecule has 0 saturated heterocycles. The Balaban J connectivity index is 1.90. The molecule has 26 heavy (non-hydrogen) atoms. The summed E-state index contributed by atoms with van der Waals surface area (Å²) in [4.78, 5) is 16.0. The fraction of sp³-hybridized carbons (Fsp3) is 0.300. The summed E-state index contributed by atoms with van der Waals surface area (Å²) < 4.78 is 0. The second-order valence-electron chi connectivity index (χ2n) is 5.92. The van der Waals surface area contributed by atoms with E-state index in [2.05, 4.69) is 20.9 Å². The average Bonchev–Trinajstić information content (AvgIpc) is 2.67. The minimum Gasteiger partial charge on any atom is -0.356 e. The number of rotatable bonds is 6. The van der Waals surface area contributed by atoms with Crippen LogP contribution in [-0.2, 0) is 6.42 Å². The van der Waals surface area contributed by atoms with Gasteiger partial charge >= 0.3 is 0 Å². The van der Waals surface area contributed by atoms with Gasteiger partial charge in [-0.25, -0.2) is 0 Å². The molecule has 6 heteroatoms. The van der Waals surface area contributed by atoms with Gasteiger partial charge in [0, 0.05) is 31.2 Å². The first kappa shape index (κ1) is 19.8. The molecule has 0 aliphatic rings. The molecule has 0 saturated carbocycles. The summed E-state index contributed by atoms with van der Waals surface area (Å²) in [5, 5.41) is 10.0. The van der Waals surface area contributed by atoms with E-state index in [-0.39, 0.29) is 11.9 Å². The zero-order valence-corrected chi connectivity index (χ0v) is 16.1. The Hall–Kier alpha value is -2.53. The van der Waals surface area contributed by atoms with Crippen molar-refractivity contribution in [3.63, 3.8) is 0 Å². The smallest absolute Gasteiger partial charge is 0.251 e. The monoisotopic (exact) mass is 372 g/mol. The van der Waals surface area contributed by atoms with Crippen molar-refractivity contribution in [2.45, 2.75) is 19.4 Å². The first-order valence-corrected chi connectivity index (χ1v) is 8.95. The van der Waals surface area contributed by atoms with Crippen LogP contribution in [-0.4, -0.2) is 32.5 Å². The van der Waals surface area contributed by atoms with E-state index in [0.717, 1.165) is 22.6 Å². The van der Waals surface area contributed by atoms with Gasteiger partial charge in [-0.3, -0.25) is 9.79 Å². The molecule has 0 bridgehead atoms. The lowest BCUT2D eigenvalue weighted by Crippen LogP contribution is -2.39. The predicted octanol–water partition coefficient (Wildman–Crippen LogP) is 3.17. The highest BCUT2D eigenvalue weighted by Gasteiger charge is 2.10. The number of carbonyl (C=O) groups is 1. The number of benzene rings is 2. The number of halogens is 1. The van der Waals surface area contributed by atoms with Gasteiger partial charge in [-0.15, -0.1) is 0 Å². The van der Waals surface area contributed by atoms with Crippen molar-refractivity contribution < 1.29 is 4.79 Å². The summed E-state index contributed by atoms with van der Waals surface area (Å²) >= 11 is 6.25. The fourth-order valence-electron chi connectivity index (χ4n) is 2.64.